The Morgan fingerprint density at radius 3 is 2.40 bits per heavy atom. The van der Waals surface area contributed by atoms with E-state index >= 15 is 0 Å². The minimum absolute atomic E-state index is 0.344. The summed E-state index contributed by atoms with van der Waals surface area (Å²) in [6.07, 6.45) is 1.06. The number of rotatable bonds is 9. The van der Waals surface area contributed by atoms with Gasteiger partial charge in [-0.25, -0.2) is 0 Å². The number of ether oxygens (including phenoxy) is 1. The summed E-state index contributed by atoms with van der Waals surface area (Å²) in [6.45, 7) is 7.67. The van der Waals surface area contributed by atoms with Gasteiger partial charge in [0.2, 0.25) is 11.9 Å². The molecule has 20 heavy (non-hydrogen) atoms. The number of anilines is 2. The fraction of sp³-hybridized carbons (Fsp3) is 0.769. The summed E-state index contributed by atoms with van der Waals surface area (Å²) in [5.41, 5.74) is 0. The predicted octanol–water partition coefficient (Wildman–Crippen LogP) is 1.09. The summed E-state index contributed by atoms with van der Waals surface area (Å²) in [4.78, 5) is 17.3. The third-order valence-corrected chi connectivity index (χ3v) is 2.82. The molecule has 0 amide bonds. The van der Waals surface area contributed by atoms with E-state index in [0.717, 1.165) is 32.6 Å². The molecule has 0 aromatic carbocycles. The number of methoxy groups -OCH3 is 1. The Morgan fingerprint density at radius 1 is 1.10 bits per heavy atom. The number of nitrogens with zero attached hydrogens (tertiary/aromatic N) is 5. The summed E-state index contributed by atoms with van der Waals surface area (Å²) in [6, 6.07) is 0.344. The maximum atomic E-state index is 5.14. The molecule has 0 radical (unpaired) electrons. The van der Waals surface area contributed by atoms with Crippen molar-refractivity contribution in [1.29, 1.82) is 0 Å². The topological polar surface area (TPSA) is 66.4 Å². The van der Waals surface area contributed by atoms with E-state index in [0.29, 0.717) is 17.9 Å². The molecule has 7 heteroatoms. The predicted molar refractivity (Wildman–Crippen MR) is 81.6 cm³/mol. The summed E-state index contributed by atoms with van der Waals surface area (Å²) < 4.78 is 5.14. The summed E-state index contributed by atoms with van der Waals surface area (Å²) in [5.74, 6) is 1.22. The van der Waals surface area contributed by atoms with Crippen molar-refractivity contribution in [2.45, 2.75) is 20.3 Å². The van der Waals surface area contributed by atoms with Crippen LogP contribution in [0, 0.1) is 0 Å². The molecule has 0 aliphatic heterocycles. The van der Waals surface area contributed by atoms with Gasteiger partial charge in [-0.05, 0) is 40.9 Å². The lowest BCUT2D eigenvalue weighted by Gasteiger charge is -2.22. The van der Waals surface area contributed by atoms with Crippen LogP contribution in [0.1, 0.15) is 20.3 Å². The van der Waals surface area contributed by atoms with Crippen LogP contribution in [0.2, 0.25) is 0 Å². The van der Waals surface area contributed by atoms with Gasteiger partial charge in [-0.15, -0.1) is 0 Å². The molecule has 0 atom stereocenters. The van der Waals surface area contributed by atoms with Crippen molar-refractivity contribution in [2.24, 2.45) is 0 Å². The van der Waals surface area contributed by atoms with E-state index in [4.69, 9.17) is 4.74 Å². The van der Waals surface area contributed by atoms with Crippen molar-refractivity contribution >= 4 is 11.9 Å². The molecule has 1 aromatic rings. The number of hydrogen-bond acceptors (Lipinski definition) is 7. The minimum Gasteiger partial charge on any atom is -0.467 e. The largest absolute Gasteiger partial charge is 0.467 e. The molecule has 1 rings (SSSR count). The Hall–Kier alpha value is -1.63. The van der Waals surface area contributed by atoms with Gasteiger partial charge in [0.1, 0.15) is 0 Å². The fourth-order valence-electron chi connectivity index (χ4n) is 1.79. The van der Waals surface area contributed by atoms with Gasteiger partial charge in [0.25, 0.3) is 0 Å². The Kier molecular flexibility index (Phi) is 7.00. The van der Waals surface area contributed by atoms with Crippen LogP contribution in [-0.2, 0) is 0 Å². The van der Waals surface area contributed by atoms with Gasteiger partial charge in [0, 0.05) is 19.6 Å². The third-order valence-electron chi connectivity index (χ3n) is 2.82. The van der Waals surface area contributed by atoms with Gasteiger partial charge in [-0.2, -0.15) is 15.0 Å². The SMILES string of the molecule is CCNc1nc(OC)nc(N(CC)CCCN(C)C)n1. The lowest BCUT2D eigenvalue weighted by Crippen LogP contribution is -2.29. The van der Waals surface area contributed by atoms with Crippen molar-refractivity contribution in [3.05, 3.63) is 0 Å². The number of hydrogen-bond donors (Lipinski definition) is 1. The molecule has 0 saturated heterocycles. The van der Waals surface area contributed by atoms with Gasteiger partial charge in [0.05, 0.1) is 7.11 Å². The van der Waals surface area contributed by atoms with Gasteiger partial charge >= 0.3 is 6.01 Å². The van der Waals surface area contributed by atoms with Crippen LogP contribution in [0.25, 0.3) is 0 Å². The highest BCUT2D eigenvalue weighted by Crippen LogP contribution is 2.15. The Bertz CT molecular complexity index is 398. The van der Waals surface area contributed by atoms with Gasteiger partial charge in [0.15, 0.2) is 0 Å². The zero-order chi connectivity index (χ0) is 15.0. The molecule has 1 aromatic heterocycles. The van der Waals surface area contributed by atoms with Crippen LogP contribution >= 0.6 is 0 Å². The second kappa shape index (κ2) is 8.52. The van der Waals surface area contributed by atoms with Crippen molar-refractivity contribution in [3.63, 3.8) is 0 Å². The first-order chi connectivity index (χ1) is 9.60. The summed E-state index contributed by atoms with van der Waals surface area (Å²) in [5, 5.41) is 3.10. The van der Waals surface area contributed by atoms with E-state index in [1.54, 1.807) is 7.11 Å². The average molecular weight is 282 g/mol. The third kappa shape index (κ3) is 5.16. The normalized spacial score (nSPS) is 10.7. The van der Waals surface area contributed by atoms with Gasteiger partial charge in [-0.3, -0.25) is 0 Å². The molecule has 1 N–H and O–H groups in total. The van der Waals surface area contributed by atoms with Crippen LogP contribution < -0.4 is 15.0 Å². The first kappa shape index (κ1) is 16.4. The minimum atomic E-state index is 0.344. The first-order valence-corrected chi connectivity index (χ1v) is 7.04. The van der Waals surface area contributed by atoms with E-state index in [9.17, 15) is 0 Å². The van der Waals surface area contributed by atoms with E-state index in [1.807, 2.05) is 6.92 Å². The Balaban J connectivity index is 2.81. The highest BCUT2D eigenvalue weighted by Gasteiger charge is 2.12. The van der Waals surface area contributed by atoms with Crippen LogP contribution in [0.3, 0.4) is 0 Å². The summed E-state index contributed by atoms with van der Waals surface area (Å²) in [7, 11) is 5.72. The zero-order valence-corrected chi connectivity index (χ0v) is 13.2. The smallest absolute Gasteiger partial charge is 0.322 e. The zero-order valence-electron chi connectivity index (χ0n) is 13.2. The fourth-order valence-corrected chi connectivity index (χ4v) is 1.79. The summed E-state index contributed by atoms with van der Waals surface area (Å²) >= 11 is 0. The number of nitrogens with one attached hydrogen (secondary N) is 1. The second-order valence-corrected chi connectivity index (χ2v) is 4.71. The van der Waals surface area contributed by atoms with E-state index in [-0.39, 0.29) is 0 Å². The van der Waals surface area contributed by atoms with Crippen LogP contribution in [-0.4, -0.2) is 67.2 Å². The van der Waals surface area contributed by atoms with Crippen LogP contribution in [0.4, 0.5) is 11.9 Å². The molecule has 7 nitrogen and oxygen atoms in total. The van der Waals surface area contributed by atoms with Crippen molar-refractivity contribution < 1.29 is 4.74 Å². The maximum absolute atomic E-state index is 5.14. The quantitative estimate of drug-likeness (QED) is 0.727. The molecule has 1 heterocycles. The van der Waals surface area contributed by atoms with Crippen molar-refractivity contribution in [1.82, 2.24) is 19.9 Å². The molecule has 0 saturated carbocycles. The lowest BCUT2D eigenvalue weighted by atomic mass is 10.3. The second-order valence-electron chi connectivity index (χ2n) is 4.71. The lowest BCUT2D eigenvalue weighted by molar-refractivity contribution is 0.377. The standard InChI is InChI=1S/C13H26N6O/c1-6-14-11-15-12(17-13(16-11)20-5)19(7-2)10-8-9-18(3)4/h6-10H2,1-5H3,(H,14,15,16,17). The molecular weight excluding hydrogens is 256 g/mol. The highest BCUT2D eigenvalue weighted by atomic mass is 16.5. The average Bonchev–Trinajstić information content (AvgIpc) is 2.43. The van der Waals surface area contributed by atoms with E-state index in [2.05, 4.69) is 51.1 Å². The first-order valence-electron chi connectivity index (χ1n) is 7.04. The van der Waals surface area contributed by atoms with Crippen molar-refractivity contribution in [2.75, 3.05) is 57.6 Å². The maximum Gasteiger partial charge on any atom is 0.322 e. The molecule has 0 aliphatic carbocycles. The van der Waals surface area contributed by atoms with Gasteiger partial charge < -0.3 is 19.9 Å². The Morgan fingerprint density at radius 2 is 1.85 bits per heavy atom. The molecule has 114 valence electrons. The molecule has 0 aliphatic rings. The molecule has 0 spiro atoms. The monoisotopic (exact) mass is 282 g/mol. The highest BCUT2D eigenvalue weighted by molar-refractivity contribution is 5.38. The van der Waals surface area contributed by atoms with E-state index in [1.165, 1.54) is 0 Å². The molecule has 0 fully saturated rings. The van der Waals surface area contributed by atoms with Crippen LogP contribution in [0.15, 0.2) is 0 Å². The van der Waals surface area contributed by atoms with Gasteiger partial charge in [-0.1, -0.05) is 0 Å². The van der Waals surface area contributed by atoms with Crippen LogP contribution in [0.5, 0.6) is 6.01 Å². The Labute approximate surface area is 121 Å². The number of aromatic nitrogens is 3. The van der Waals surface area contributed by atoms with Crippen molar-refractivity contribution in [3.8, 4) is 6.01 Å². The molecular formula is C13H26N6O. The van der Waals surface area contributed by atoms with E-state index < -0.39 is 0 Å². The molecule has 0 bridgehead atoms. The molecule has 0 unspecified atom stereocenters.